The molecular weight excluding hydrogens is 194 g/mol. The highest BCUT2D eigenvalue weighted by Crippen LogP contribution is 2.23. The molecular formula is C7H6ClN3O2. The van der Waals surface area contributed by atoms with Gasteiger partial charge in [0.05, 0.1) is 14.2 Å². The molecule has 0 saturated heterocycles. The first kappa shape index (κ1) is 9.55. The quantitative estimate of drug-likeness (QED) is 0.666. The van der Waals surface area contributed by atoms with Gasteiger partial charge in [0, 0.05) is 0 Å². The van der Waals surface area contributed by atoms with Crippen LogP contribution < -0.4 is 9.47 Å². The zero-order valence-corrected chi connectivity index (χ0v) is 7.79. The Morgan fingerprint density at radius 2 is 2.00 bits per heavy atom. The smallest absolute Gasteiger partial charge is 0.320 e. The summed E-state index contributed by atoms with van der Waals surface area (Å²) in [6.07, 6.45) is 0. The Balaban J connectivity index is 3.31. The van der Waals surface area contributed by atoms with Crippen molar-refractivity contribution < 1.29 is 9.47 Å². The molecule has 5 nitrogen and oxygen atoms in total. The van der Waals surface area contributed by atoms with Gasteiger partial charge in [-0.15, -0.1) is 0 Å². The number of halogens is 1. The van der Waals surface area contributed by atoms with Crippen LogP contribution in [0.5, 0.6) is 11.9 Å². The topological polar surface area (TPSA) is 68.0 Å². The largest absolute Gasteiger partial charge is 0.480 e. The van der Waals surface area contributed by atoms with Gasteiger partial charge in [0.1, 0.15) is 6.07 Å². The highest BCUT2D eigenvalue weighted by molar-refractivity contribution is 6.30. The summed E-state index contributed by atoms with van der Waals surface area (Å²) in [6, 6.07) is 1.90. The molecule has 0 atom stereocenters. The van der Waals surface area contributed by atoms with Crippen molar-refractivity contribution in [1.82, 2.24) is 9.97 Å². The van der Waals surface area contributed by atoms with E-state index in [9.17, 15) is 0 Å². The Morgan fingerprint density at radius 1 is 1.31 bits per heavy atom. The number of methoxy groups -OCH3 is 2. The Labute approximate surface area is 79.9 Å². The molecule has 0 unspecified atom stereocenters. The van der Waals surface area contributed by atoms with Crippen LogP contribution in [0.3, 0.4) is 0 Å². The number of hydrogen-bond acceptors (Lipinski definition) is 5. The van der Waals surface area contributed by atoms with E-state index in [1.54, 1.807) is 0 Å². The lowest BCUT2D eigenvalue weighted by molar-refractivity contribution is 0.351. The number of aromatic nitrogens is 2. The maximum Gasteiger partial charge on any atom is 0.320 e. The van der Waals surface area contributed by atoms with Gasteiger partial charge in [-0.25, -0.2) is 0 Å². The van der Waals surface area contributed by atoms with E-state index in [-0.39, 0.29) is 22.6 Å². The van der Waals surface area contributed by atoms with E-state index in [0.717, 1.165) is 0 Å². The van der Waals surface area contributed by atoms with Crippen molar-refractivity contribution in [3.63, 3.8) is 0 Å². The van der Waals surface area contributed by atoms with Gasteiger partial charge in [-0.1, -0.05) is 11.6 Å². The van der Waals surface area contributed by atoms with Crippen LogP contribution in [-0.4, -0.2) is 24.2 Å². The highest BCUT2D eigenvalue weighted by Gasteiger charge is 2.13. The molecule has 1 rings (SSSR count). The van der Waals surface area contributed by atoms with Crippen LogP contribution in [-0.2, 0) is 0 Å². The Morgan fingerprint density at radius 3 is 2.46 bits per heavy atom. The predicted molar refractivity (Wildman–Crippen MR) is 44.9 cm³/mol. The Bertz CT molecular complexity index is 361. The highest BCUT2D eigenvalue weighted by atomic mass is 35.5. The fraction of sp³-hybridized carbons (Fsp3) is 0.286. The van der Waals surface area contributed by atoms with Gasteiger partial charge in [0.15, 0.2) is 10.7 Å². The molecule has 0 bridgehead atoms. The van der Waals surface area contributed by atoms with Crippen LogP contribution in [0, 0.1) is 11.3 Å². The predicted octanol–water partition coefficient (Wildman–Crippen LogP) is 1.02. The van der Waals surface area contributed by atoms with Gasteiger partial charge in [-0.3, -0.25) is 0 Å². The monoisotopic (exact) mass is 199 g/mol. The standard InChI is InChI=1S/C7H6ClN3O2/c1-12-6-4(3-9)5(8)10-7(11-6)13-2/h1-2H3. The van der Waals surface area contributed by atoms with Crippen molar-refractivity contribution >= 4 is 11.6 Å². The number of nitrogens with zero attached hydrogens (tertiary/aromatic N) is 3. The van der Waals surface area contributed by atoms with Crippen LogP contribution in [0.2, 0.25) is 5.15 Å². The maximum atomic E-state index is 8.66. The average molecular weight is 200 g/mol. The first-order valence-corrected chi connectivity index (χ1v) is 3.66. The van der Waals surface area contributed by atoms with Crippen molar-refractivity contribution in [3.05, 3.63) is 10.7 Å². The number of nitriles is 1. The molecule has 68 valence electrons. The van der Waals surface area contributed by atoms with Crippen LogP contribution in [0.25, 0.3) is 0 Å². The van der Waals surface area contributed by atoms with Gasteiger partial charge in [-0.05, 0) is 0 Å². The summed E-state index contributed by atoms with van der Waals surface area (Å²) < 4.78 is 9.56. The molecule has 0 aliphatic heterocycles. The lowest BCUT2D eigenvalue weighted by atomic mass is 10.3. The lowest BCUT2D eigenvalue weighted by Gasteiger charge is -2.04. The molecule has 1 heterocycles. The summed E-state index contributed by atoms with van der Waals surface area (Å²) in [5.41, 5.74) is 0.102. The molecule has 0 saturated carbocycles. The number of ether oxygens (including phenoxy) is 2. The zero-order chi connectivity index (χ0) is 9.84. The Hall–Kier alpha value is -1.54. The SMILES string of the molecule is COc1nc(Cl)c(C#N)c(OC)n1. The molecule has 0 aromatic carbocycles. The van der Waals surface area contributed by atoms with Crippen LogP contribution >= 0.6 is 11.6 Å². The van der Waals surface area contributed by atoms with E-state index >= 15 is 0 Å². The van der Waals surface area contributed by atoms with E-state index in [4.69, 9.17) is 26.3 Å². The van der Waals surface area contributed by atoms with Gasteiger partial charge in [0.25, 0.3) is 0 Å². The third-order valence-electron chi connectivity index (χ3n) is 1.30. The lowest BCUT2D eigenvalue weighted by Crippen LogP contribution is -1.99. The second-order valence-corrected chi connectivity index (χ2v) is 2.36. The van der Waals surface area contributed by atoms with E-state index < -0.39 is 0 Å². The van der Waals surface area contributed by atoms with Crippen molar-refractivity contribution in [2.24, 2.45) is 0 Å². The minimum absolute atomic E-state index is 0.0196. The summed E-state index contributed by atoms with van der Waals surface area (Å²) in [6.45, 7) is 0. The van der Waals surface area contributed by atoms with E-state index in [1.807, 2.05) is 6.07 Å². The third kappa shape index (κ3) is 1.79. The van der Waals surface area contributed by atoms with Gasteiger partial charge >= 0.3 is 6.01 Å². The molecule has 0 spiro atoms. The third-order valence-corrected chi connectivity index (χ3v) is 1.57. The number of hydrogen-bond donors (Lipinski definition) is 0. The minimum atomic E-state index is 0.0196. The van der Waals surface area contributed by atoms with E-state index in [0.29, 0.717) is 0 Å². The first-order valence-electron chi connectivity index (χ1n) is 3.28. The first-order chi connectivity index (χ1) is 6.22. The summed E-state index contributed by atoms with van der Waals surface area (Å²) in [4.78, 5) is 7.48. The summed E-state index contributed by atoms with van der Waals surface area (Å²) in [5.74, 6) is 0.111. The molecule has 1 aromatic heterocycles. The molecule has 0 amide bonds. The molecule has 0 fully saturated rings. The molecule has 13 heavy (non-hydrogen) atoms. The van der Waals surface area contributed by atoms with Gasteiger partial charge in [0.2, 0.25) is 5.88 Å². The summed E-state index contributed by atoms with van der Waals surface area (Å²) >= 11 is 5.66. The average Bonchev–Trinajstić information content (AvgIpc) is 2.16. The van der Waals surface area contributed by atoms with Crippen molar-refractivity contribution in [2.75, 3.05) is 14.2 Å². The number of rotatable bonds is 2. The van der Waals surface area contributed by atoms with Crippen molar-refractivity contribution in [3.8, 4) is 18.0 Å². The zero-order valence-electron chi connectivity index (χ0n) is 7.04. The molecule has 0 aliphatic rings. The normalized spacial score (nSPS) is 9.08. The van der Waals surface area contributed by atoms with Gasteiger partial charge < -0.3 is 9.47 Å². The van der Waals surface area contributed by atoms with E-state index in [2.05, 4.69) is 9.97 Å². The van der Waals surface area contributed by atoms with Crippen molar-refractivity contribution in [1.29, 1.82) is 5.26 Å². The fourth-order valence-corrected chi connectivity index (χ4v) is 0.924. The second-order valence-electron chi connectivity index (χ2n) is 2.00. The maximum absolute atomic E-state index is 8.66. The molecule has 0 radical (unpaired) electrons. The summed E-state index contributed by atoms with van der Waals surface area (Å²) in [7, 11) is 2.79. The molecule has 0 N–H and O–H groups in total. The van der Waals surface area contributed by atoms with E-state index in [1.165, 1.54) is 14.2 Å². The van der Waals surface area contributed by atoms with Crippen LogP contribution in [0.15, 0.2) is 0 Å². The minimum Gasteiger partial charge on any atom is -0.480 e. The van der Waals surface area contributed by atoms with Crippen LogP contribution in [0.4, 0.5) is 0 Å². The van der Waals surface area contributed by atoms with Crippen LogP contribution in [0.1, 0.15) is 5.56 Å². The molecule has 1 aromatic rings. The van der Waals surface area contributed by atoms with Crippen molar-refractivity contribution in [2.45, 2.75) is 0 Å². The molecule has 0 aliphatic carbocycles. The summed E-state index contributed by atoms with van der Waals surface area (Å²) in [5, 5.41) is 8.68. The van der Waals surface area contributed by atoms with Gasteiger partial charge in [-0.2, -0.15) is 15.2 Å². The Kier molecular flexibility index (Phi) is 2.88. The second kappa shape index (κ2) is 3.92. The molecule has 6 heteroatoms. The fourth-order valence-electron chi connectivity index (χ4n) is 0.729.